The molecule has 2 amide bonds. The van der Waals surface area contributed by atoms with Crippen LogP contribution in [0.1, 0.15) is 74.7 Å². The molecule has 1 saturated heterocycles. The van der Waals surface area contributed by atoms with Crippen LogP contribution >= 0.6 is 11.6 Å². The Bertz CT molecular complexity index is 1290. The summed E-state index contributed by atoms with van der Waals surface area (Å²) in [5.74, 6) is -3.80. The number of hydrogen-bond donors (Lipinski definition) is 2. The average Bonchev–Trinajstić information content (AvgIpc) is 3.50. The van der Waals surface area contributed by atoms with E-state index in [1.807, 2.05) is 6.07 Å². The minimum Gasteiger partial charge on any atom is -0.349 e. The summed E-state index contributed by atoms with van der Waals surface area (Å²) in [7, 11) is 0. The van der Waals surface area contributed by atoms with Crippen LogP contribution in [-0.2, 0) is 9.59 Å². The number of aromatic amines is 1. The number of carbonyl (C=O) groups excluding carboxylic acids is 3. The van der Waals surface area contributed by atoms with Gasteiger partial charge in [-0.25, -0.2) is 8.78 Å². The van der Waals surface area contributed by atoms with Crippen molar-refractivity contribution in [2.24, 2.45) is 11.3 Å². The first-order chi connectivity index (χ1) is 18.1. The highest BCUT2D eigenvalue weighted by molar-refractivity contribution is 6.35. The SMILES string of the molecule is N#C[C@H](C[C@@H]1CCCCC1=O)NC(=O)C1CC2(CCC(F)(F)CC2)CN1C(=O)c1cc2cccc(Cl)c2[nH]1. The molecule has 1 aromatic heterocycles. The summed E-state index contributed by atoms with van der Waals surface area (Å²) >= 11 is 6.27. The Morgan fingerprint density at radius 2 is 2.00 bits per heavy atom. The van der Waals surface area contributed by atoms with E-state index in [1.54, 1.807) is 18.2 Å². The van der Waals surface area contributed by atoms with Crippen LogP contribution in [0.25, 0.3) is 10.9 Å². The van der Waals surface area contributed by atoms with Gasteiger partial charge in [0.25, 0.3) is 5.91 Å². The van der Waals surface area contributed by atoms with E-state index in [1.165, 1.54) is 4.90 Å². The largest absolute Gasteiger partial charge is 0.349 e. The first-order valence-corrected chi connectivity index (χ1v) is 13.7. The second kappa shape index (κ2) is 10.3. The summed E-state index contributed by atoms with van der Waals surface area (Å²) in [4.78, 5) is 44.1. The molecule has 38 heavy (non-hydrogen) atoms. The van der Waals surface area contributed by atoms with Gasteiger partial charge in [-0.3, -0.25) is 14.4 Å². The minimum atomic E-state index is -2.74. The number of ketones is 1. The molecule has 10 heteroatoms. The summed E-state index contributed by atoms with van der Waals surface area (Å²) in [6, 6.07) is 7.29. The van der Waals surface area contributed by atoms with E-state index >= 15 is 0 Å². The van der Waals surface area contributed by atoms with Crippen LogP contribution in [0.5, 0.6) is 0 Å². The molecule has 2 aromatic rings. The maximum Gasteiger partial charge on any atom is 0.271 e. The first-order valence-electron chi connectivity index (χ1n) is 13.3. The van der Waals surface area contributed by atoms with Crippen molar-refractivity contribution in [2.45, 2.75) is 82.2 Å². The zero-order valence-corrected chi connectivity index (χ0v) is 21.8. The second-order valence-corrected chi connectivity index (χ2v) is 11.6. The number of likely N-dealkylation sites (tertiary alicyclic amines) is 1. The molecule has 2 N–H and O–H groups in total. The number of fused-ring (bicyclic) bond motifs is 1. The molecule has 2 aliphatic carbocycles. The van der Waals surface area contributed by atoms with Crippen molar-refractivity contribution < 1.29 is 23.2 Å². The van der Waals surface area contributed by atoms with Gasteiger partial charge in [-0.05, 0) is 56.1 Å². The van der Waals surface area contributed by atoms with Crippen molar-refractivity contribution in [1.82, 2.24) is 15.2 Å². The van der Waals surface area contributed by atoms with Crippen LogP contribution in [0.2, 0.25) is 5.02 Å². The molecule has 0 radical (unpaired) electrons. The summed E-state index contributed by atoms with van der Waals surface area (Å²) in [6.45, 7) is 0.182. The highest BCUT2D eigenvalue weighted by Crippen LogP contribution is 2.50. The molecule has 1 unspecified atom stereocenters. The van der Waals surface area contributed by atoms with Gasteiger partial charge in [0, 0.05) is 37.1 Å². The van der Waals surface area contributed by atoms with Gasteiger partial charge in [0.15, 0.2) is 0 Å². The summed E-state index contributed by atoms with van der Waals surface area (Å²) in [6.07, 6.45) is 3.29. The predicted molar refractivity (Wildman–Crippen MR) is 138 cm³/mol. The Hall–Kier alpha value is -2.99. The van der Waals surface area contributed by atoms with E-state index < -0.39 is 35.2 Å². The second-order valence-electron chi connectivity index (χ2n) is 11.2. The van der Waals surface area contributed by atoms with E-state index in [0.29, 0.717) is 23.4 Å². The zero-order valence-electron chi connectivity index (χ0n) is 21.1. The van der Waals surface area contributed by atoms with E-state index in [9.17, 15) is 28.4 Å². The lowest BCUT2D eigenvalue weighted by molar-refractivity contribution is -0.127. The molecule has 3 atom stereocenters. The van der Waals surface area contributed by atoms with E-state index in [2.05, 4.69) is 16.4 Å². The van der Waals surface area contributed by atoms with Crippen LogP contribution in [0.15, 0.2) is 24.3 Å². The van der Waals surface area contributed by atoms with Crippen molar-refractivity contribution in [2.75, 3.05) is 6.54 Å². The lowest BCUT2D eigenvalue weighted by atomic mass is 9.71. The third-order valence-electron chi connectivity index (χ3n) is 8.62. The first kappa shape index (κ1) is 26.6. The van der Waals surface area contributed by atoms with Crippen LogP contribution in [0.3, 0.4) is 0 Å². The number of aromatic nitrogens is 1. The molecule has 5 rings (SSSR count). The number of alkyl halides is 2. The fourth-order valence-corrected chi connectivity index (χ4v) is 6.63. The molecule has 0 bridgehead atoms. The van der Waals surface area contributed by atoms with Gasteiger partial charge in [-0.1, -0.05) is 30.2 Å². The van der Waals surface area contributed by atoms with Gasteiger partial charge in [0.1, 0.15) is 23.6 Å². The van der Waals surface area contributed by atoms with Gasteiger partial charge in [-0.15, -0.1) is 0 Å². The molecule has 7 nitrogen and oxygen atoms in total. The number of para-hydroxylation sites is 1. The van der Waals surface area contributed by atoms with Crippen molar-refractivity contribution in [1.29, 1.82) is 5.26 Å². The van der Waals surface area contributed by atoms with E-state index in [-0.39, 0.29) is 62.5 Å². The molecule has 1 aliphatic heterocycles. The van der Waals surface area contributed by atoms with Crippen LogP contribution in [0, 0.1) is 22.7 Å². The molecule has 2 saturated carbocycles. The summed E-state index contributed by atoms with van der Waals surface area (Å²) < 4.78 is 28.0. The van der Waals surface area contributed by atoms with Gasteiger partial charge < -0.3 is 15.2 Å². The third kappa shape index (κ3) is 5.28. The number of nitrogens with one attached hydrogen (secondary N) is 2. The Labute approximate surface area is 224 Å². The van der Waals surface area contributed by atoms with Crippen LogP contribution < -0.4 is 5.32 Å². The smallest absolute Gasteiger partial charge is 0.271 e. The lowest BCUT2D eigenvalue weighted by Crippen LogP contribution is -2.49. The minimum absolute atomic E-state index is 0.114. The number of Topliss-reactive ketones (excluding diaryl/α,β-unsaturated/α-hetero) is 1. The number of nitrogens with zero attached hydrogens (tertiary/aromatic N) is 2. The number of nitriles is 1. The maximum atomic E-state index is 14.0. The normalized spacial score (nSPS) is 25.3. The van der Waals surface area contributed by atoms with E-state index in [0.717, 1.165) is 18.2 Å². The van der Waals surface area contributed by atoms with Crippen molar-refractivity contribution in [3.8, 4) is 6.07 Å². The molecular weight excluding hydrogens is 514 g/mol. The highest BCUT2D eigenvalue weighted by atomic mass is 35.5. The summed E-state index contributed by atoms with van der Waals surface area (Å²) in [5.41, 5.74) is 0.268. The summed E-state index contributed by atoms with van der Waals surface area (Å²) in [5, 5.41) is 13.7. The van der Waals surface area contributed by atoms with Crippen LogP contribution in [-0.4, -0.2) is 52.0 Å². The van der Waals surface area contributed by atoms with Gasteiger partial charge in [-0.2, -0.15) is 5.26 Å². The lowest BCUT2D eigenvalue weighted by Gasteiger charge is -2.36. The molecule has 202 valence electrons. The Morgan fingerprint density at radius 1 is 1.24 bits per heavy atom. The fraction of sp³-hybridized carbons (Fsp3) is 0.571. The third-order valence-corrected chi connectivity index (χ3v) is 8.94. The number of halogens is 3. The number of hydrogen-bond acceptors (Lipinski definition) is 4. The molecule has 1 spiro atoms. The number of amides is 2. The monoisotopic (exact) mass is 544 g/mol. The van der Waals surface area contributed by atoms with Crippen molar-refractivity contribution >= 4 is 40.1 Å². The van der Waals surface area contributed by atoms with Crippen LogP contribution in [0.4, 0.5) is 8.78 Å². The standard InChI is InChI=1S/C28H31ClF2N4O3/c29-20-6-3-5-18-13-21(34-24(18)20)26(38)35-16-27(8-10-28(30,31)11-9-27)14-22(35)25(37)33-19(15-32)12-17-4-1-2-7-23(17)36/h3,5-6,13,17,19,22,34H,1-2,4,7-12,14,16H2,(H,33,37)/t17-,19-,22?/m0/s1. The number of rotatable bonds is 5. The van der Waals surface area contributed by atoms with E-state index in [4.69, 9.17) is 11.6 Å². The number of benzene rings is 1. The van der Waals surface area contributed by atoms with Gasteiger partial charge >= 0.3 is 0 Å². The number of H-pyrrole nitrogens is 1. The molecule has 3 aliphatic rings. The van der Waals surface area contributed by atoms with Gasteiger partial charge in [0.2, 0.25) is 11.8 Å². The number of carbonyl (C=O) groups is 3. The molecule has 1 aromatic carbocycles. The Kier molecular flexibility index (Phi) is 7.21. The topological polar surface area (TPSA) is 106 Å². The molecule has 3 fully saturated rings. The Balaban J connectivity index is 1.38. The maximum absolute atomic E-state index is 14.0. The zero-order chi connectivity index (χ0) is 27.1. The average molecular weight is 545 g/mol. The molecular formula is C28H31ClF2N4O3. The van der Waals surface area contributed by atoms with Crippen molar-refractivity contribution in [3.05, 3.63) is 35.0 Å². The Morgan fingerprint density at radius 3 is 2.68 bits per heavy atom. The fourth-order valence-electron chi connectivity index (χ4n) is 6.40. The van der Waals surface area contributed by atoms with Crippen molar-refractivity contribution in [3.63, 3.8) is 0 Å². The predicted octanol–water partition coefficient (Wildman–Crippen LogP) is 5.39. The molecule has 2 heterocycles. The highest BCUT2D eigenvalue weighted by Gasteiger charge is 2.53. The quantitative estimate of drug-likeness (QED) is 0.526. The van der Waals surface area contributed by atoms with Gasteiger partial charge in [0.05, 0.1) is 16.6 Å².